The SMILES string of the molecule is CC(C)[C@H]1NC(=O)[C@@H](C)NC(=O)C2(CCN(C(=O)c3cccnc3)CC2)Oc2ccc(cc2)OCCNC(=O)[C@H](Cc2ccccc2)NC1=O. The summed E-state index contributed by atoms with van der Waals surface area (Å²) in [5, 5.41) is 11.2. The lowest BCUT2D eigenvalue weighted by molar-refractivity contribution is -0.143. The molecule has 0 radical (unpaired) electrons. The predicted octanol–water partition coefficient (Wildman–Crippen LogP) is 2.02. The molecule has 0 saturated carbocycles. The van der Waals surface area contributed by atoms with Crippen molar-refractivity contribution >= 4 is 29.5 Å². The molecule has 0 aliphatic carbocycles. The van der Waals surface area contributed by atoms with Crippen molar-refractivity contribution in [2.75, 3.05) is 26.2 Å². The number of aromatic nitrogens is 1. The number of hydrogen-bond acceptors (Lipinski definition) is 8. The third-order valence-electron chi connectivity index (χ3n) is 8.89. The van der Waals surface area contributed by atoms with E-state index >= 15 is 0 Å². The average Bonchev–Trinajstić information content (AvgIpc) is 3.12. The maximum absolute atomic E-state index is 14.0. The van der Waals surface area contributed by atoms with E-state index in [9.17, 15) is 24.0 Å². The Morgan fingerprint density at radius 1 is 0.880 bits per heavy atom. The lowest BCUT2D eigenvalue weighted by atomic mass is 9.89. The lowest BCUT2D eigenvalue weighted by Crippen LogP contribution is -2.62. The molecule has 3 aliphatic heterocycles. The van der Waals surface area contributed by atoms with Crippen LogP contribution in [0.5, 0.6) is 11.5 Å². The maximum Gasteiger partial charge on any atom is 0.264 e. The molecule has 2 aromatic carbocycles. The van der Waals surface area contributed by atoms with Gasteiger partial charge in [-0.25, -0.2) is 0 Å². The molecule has 264 valence electrons. The maximum atomic E-state index is 14.0. The largest absolute Gasteiger partial charge is 0.492 e. The quantitative estimate of drug-likeness (QED) is 0.303. The average molecular weight is 685 g/mol. The zero-order valence-electron chi connectivity index (χ0n) is 28.5. The molecule has 2 bridgehead atoms. The Labute approximate surface area is 291 Å². The lowest BCUT2D eigenvalue weighted by Gasteiger charge is -2.41. The van der Waals surface area contributed by atoms with Gasteiger partial charge in [0.25, 0.3) is 11.8 Å². The van der Waals surface area contributed by atoms with Crippen molar-refractivity contribution < 1.29 is 33.4 Å². The molecule has 1 saturated heterocycles. The first-order valence-corrected chi connectivity index (χ1v) is 16.9. The van der Waals surface area contributed by atoms with Crippen LogP contribution in [0.2, 0.25) is 0 Å². The van der Waals surface area contributed by atoms with Crippen molar-refractivity contribution in [1.82, 2.24) is 31.2 Å². The second-order valence-corrected chi connectivity index (χ2v) is 12.9. The number of carbonyl (C=O) groups is 5. The van der Waals surface area contributed by atoms with Crippen molar-refractivity contribution in [3.8, 4) is 11.5 Å². The number of benzene rings is 2. The van der Waals surface area contributed by atoms with Crippen LogP contribution in [0, 0.1) is 5.92 Å². The fraction of sp³-hybridized carbons (Fsp3) is 0.405. The highest BCUT2D eigenvalue weighted by Crippen LogP contribution is 2.31. The molecule has 3 aromatic rings. The van der Waals surface area contributed by atoms with E-state index in [1.54, 1.807) is 61.3 Å². The minimum Gasteiger partial charge on any atom is -0.492 e. The summed E-state index contributed by atoms with van der Waals surface area (Å²) in [7, 11) is 0. The second kappa shape index (κ2) is 16.3. The zero-order valence-corrected chi connectivity index (χ0v) is 28.5. The number of nitrogens with zero attached hydrogens (tertiary/aromatic N) is 2. The van der Waals surface area contributed by atoms with Crippen LogP contribution >= 0.6 is 0 Å². The number of pyridine rings is 1. The van der Waals surface area contributed by atoms with Crippen molar-refractivity contribution in [3.05, 3.63) is 90.3 Å². The smallest absolute Gasteiger partial charge is 0.264 e. The monoisotopic (exact) mass is 684 g/mol. The number of rotatable bonds is 4. The van der Waals surface area contributed by atoms with Crippen LogP contribution in [-0.2, 0) is 25.6 Å². The number of likely N-dealkylation sites (tertiary alicyclic amines) is 1. The Morgan fingerprint density at radius 3 is 2.24 bits per heavy atom. The number of nitrogens with one attached hydrogen (secondary N) is 4. The van der Waals surface area contributed by atoms with Crippen LogP contribution in [-0.4, -0.2) is 89.4 Å². The van der Waals surface area contributed by atoms with Gasteiger partial charge in [0.2, 0.25) is 17.7 Å². The molecule has 1 spiro atoms. The molecule has 4 heterocycles. The first-order valence-electron chi connectivity index (χ1n) is 16.9. The van der Waals surface area contributed by atoms with Crippen LogP contribution in [0.25, 0.3) is 0 Å². The molecule has 50 heavy (non-hydrogen) atoms. The second-order valence-electron chi connectivity index (χ2n) is 12.9. The summed E-state index contributed by atoms with van der Waals surface area (Å²) in [4.78, 5) is 73.3. The molecule has 13 heteroatoms. The summed E-state index contributed by atoms with van der Waals surface area (Å²) < 4.78 is 12.2. The minimum atomic E-state index is -1.40. The summed E-state index contributed by atoms with van der Waals surface area (Å²) in [5.41, 5.74) is -0.100. The van der Waals surface area contributed by atoms with Crippen LogP contribution in [0.15, 0.2) is 79.1 Å². The van der Waals surface area contributed by atoms with Crippen LogP contribution in [0.1, 0.15) is 49.5 Å². The van der Waals surface area contributed by atoms with Gasteiger partial charge in [0.1, 0.15) is 36.2 Å². The molecule has 13 nitrogen and oxygen atoms in total. The first kappa shape index (κ1) is 35.8. The van der Waals surface area contributed by atoms with Gasteiger partial charge in [-0.1, -0.05) is 44.2 Å². The number of piperidine rings is 1. The van der Waals surface area contributed by atoms with Crippen molar-refractivity contribution in [3.63, 3.8) is 0 Å². The van der Waals surface area contributed by atoms with E-state index in [4.69, 9.17) is 9.47 Å². The molecule has 6 rings (SSSR count). The van der Waals surface area contributed by atoms with Gasteiger partial charge in [0.15, 0.2) is 5.60 Å². The molecule has 5 amide bonds. The summed E-state index contributed by atoms with van der Waals surface area (Å²) in [6.07, 6.45) is 3.66. The van der Waals surface area contributed by atoms with Gasteiger partial charge < -0.3 is 35.6 Å². The third-order valence-corrected chi connectivity index (χ3v) is 8.89. The van der Waals surface area contributed by atoms with Gasteiger partial charge in [-0.3, -0.25) is 29.0 Å². The summed E-state index contributed by atoms with van der Waals surface area (Å²) in [6, 6.07) is 16.5. The van der Waals surface area contributed by atoms with Crippen LogP contribution < -0.4 is 30.7 Å². The third kappa shape index (κ3) is 8.95. The fourth-order valence-electron chi connectivity index (χ4n) is 5.94. The van der Waals surface area contributed by atoms with Gasteiger partial charge in [-0.05, 0) is 54.8 Å². The van der Waals surface area contributed by atoms with Gasteiger partial charge in [0.05, 0.1) is 12.1 Å². The molecular weight excluding hydrogens is 640 g/mol. The van der Waals surface area contributed by atoms with E-state index in [0.717, 1.165) is 5.56 Å². The predicted molar refractivity (Wildman–Crippen MR) is 184 cm³/mol. The summed E-state index contributed by atoms with van der Waals surface area (Å²) in [5.74, 6) is -1.63. The van der Waals surface area contributed by atoms with Gasteiger partial charge >= 0.3 is 0 Å². The Bertz CT molecular complexity index is 1640. The summed E-state index contributed by atoms with van der Waals surface area (Å²) >= 11 is 0. The topological polar surface area (TPSA) is 168 Å². The molecule has 1 fully saturated rings. The Balaban J connectivity index is 1.38. The minimum absolute atomic E-state index is 0.160. The van der Waals surface area contributed by atoms with E-state index in [2.05, 4.69) is 26.3 Å². The van der Waals surface area contributed by atoms with E-state index in [0.29, 0.717) is 17.1 Å². The standard InChI is InChI=1S/C37H44N6O7/c1-24(2)31-34(46)41-30(22-26-8-5-4-6-9-26)33(45)39-18-21-49-28-11-13-29(14-12-28)50-37(36(48)40-25(3)32(44)42-31)15-19-43(20-16-37)35(47)27-10-7-17-38-23-27/h4-14,17,23-25,30-31H,15-16,18-22H2,1-3H3,(H,39,45)(H,40,48)(H,41,46)(H,42,44)/t25-,30+,31-/m1/s1. The molecule has 3 aliphatic rings. The van der Waals surface area contributed by atoms with Crippen molar-refractivity contribution in [2.45, 2.75) is 63.8 Å². The molecule has 3 atom stereocenters. The van der Waals surface area contributed by atoms with E-state index in [1.807, 2.05) is 30.3 Å². The van der Waals surface area contributed by atoms with Crippen molar-refractivity contribution in [1.29, 1.82) is 0 Å². The number of carbonyl (C=O) groups excluding carboxylic acids is 5. The molecule has 1 aromatic heterocycles. The number of amides is 5. The van der Waals surface area contributed by atoms with E-state index < -0.39 is 47.4 Å². The fourth-order valence-corrected chi connectivity index (χ4v) is 5.94. The highest BCUT2D eigenvalue weighted by Gasteiger charge is 2.46. The number of hydrogen-bond donors (Lipinski definition) is 4. The number of fused-ring (bicyclic) bond motifs is 15. The highest BCUT2D eigenvalue weighted by molar-refractivity contribution is 5.96. The van der Waals surface area contributed by atoms with Crippen molar-refractivity contribution in [2.24, 2.45) is 5.92 Å². The Morgan fingerprint density at radius 2 is 1.58 bits per heavy atom. The normalized spacial score (nSPS) is 22.0. The molecule has 0 unspecified atom stereocenters. The highest BCUT2D eigenvalue weighted by atomic mass is 16.5. The van der Waals surface area contributed by atoms with Gasteiger partial charge in [-0.15, -0.1) is 0 Å². The molecule has 4 N–H and O–H groups in total. The van der Waals surface area contributed by atoms with Gasteiger partial charge in [-0.2, -0.15) is 0 Å². The van der Waals surface area contributed by atoms with Crippen LogP contribution in [0.4, 0.5) is 0 Å². The Hall–Kier alpha value is -5.46. The number of ether oxygens (including phenoxy) is 2. The zero-order chi connectivity index (χ0) is 35.7. The first-order chi connectivity index (χ1) is 24.0. The van der Waals surface area contributed by atoms with E-state index in [1.165, 1.54) is 13.1 Å². The molecular formula is C37H44N6O7. The summed E-state index contributed by atoms with van der Waals surface area (Å²) in [6.45, 7) is 5.89. The van der Waals surface area contributed by atoms with Crippen LogP contribution in [0.3, 0.4) is 0 Å². The van der Waals surface area contributed by atoms with E-state index in [-0.39, 0.29) is 57.3 Å². The van der Waals surface area contributed by atoms with Gasteiger partial charge in [0, 0.05) is 44.7 Å². The Kier molecular flexibility index (Phi) is 11.7.